The number of amides is 4. The van der Waals surface area contributed by atoms with Gasteiger partial charge in [0.1, 0.15) is 5.82 Å². The zero-order chi connectivity index (χ0) is 23.3. The van der Waals surface area contributed by atoms with E-state index in [0.29, 0.717) is 29.1 Å². The van der Waals surface area contributed by atoms with E-state index in [0.717, 1.165) is 6.42 Å². The van der Waals surface area contributed by atoms with Gasteiger partial charge in [-0.05, 0) is 43.2 Å². The van der Waals surface area contributed by atoms with Crippen molar-refractivity contribution in [3.8, 4) is 0 Å². The Hall–Kier alpha value is -3.88. The van der Waals surface area contributed by atoms with Crippen LogP contribution in [0.5, 0.6) is 0 Å². The van der Waals surface area contributed by atoms with Gasteiger partial charge in [-0.25, -0.2) is 18.8 Å². The number of carbonyl (C=O) groups is 3. The molecule has 1 aliphatic rings. The van der Waals surface area contributed by atoms with Gasteiger partial charge in [-0.15, -0.1) is 0 Å². The molecule has 1 heterocycles. The summed E-state index contributed by atoms with van der Waals surface area (Å²) in [5.41, 5.74) is 2.05. The second-order valence-electron chi connectivity index (χ2n) is 7.21. The number of anilines is 2. The fourth-order valence-electron chi connectivity index (χ4n) is 3.50. The summed E-state index contributed by atoms with van der Waals surface area (Å²) in [6, 6.07) is 10.9. The highest BCUT2D eigenvalue weighted by Crippen LogP contribution is 2.32. The molecule has 2 aromatic carbocycles. The lowest BCUT2D eigenvalue weighted by Crippen LogP contribution is -2.48. The molecule has 3 N–H and O–H groups in total. The first-order valence-corrected chi connectivity index (χ1v) is 10.1. The summed E-state index contributed by atoms with van der Waals surface area (Å²) in [4.78, 5) is 38.7. The first kappa shape index (κ1) is 22.8. The summed E-state index contributed by atoms with van der Waals surface area (Å²) in [5.74, 6) is -1.07. The highest BCUT2D eigenvalue weighted by Gasteiger charge is 2.35. The standard InChI is InChI=1S/C23H25FN4O4/c1-4-13-28-14(2)19(21(29)32-3)20(27-23(28)31)15-9-11-16(12-10-15)25-22(30)26-18-8-6-5-7-17(18)24/h5-12,20H,4,13H2,1-3H3,(H,27,31)(H2,25,26,30)/t20-/m0/s1. The van der Waals surface area contributed by atoms with E-state index < -0.39 is 23.9 Å². The van der Waals surface area contributed by atoms with E-state index in [1.54, 1.807) is 37.3 Å². The third kappa shape index (κ3) is 4.88. The first-order valence-electron chi connectivity index (χ1n) is 10.1. The lowest BCUT2D eigenvalue weighted by atomic mass is 9.94. The molecule has 168 valence electrons. The second kappa shape index (κ2) is 9.95. The molecule has 0 aromatic heterocycles. The molecule has 0 saturated carbocycles. The highest BCUT2D eigenvalue weighted by molar-refractivity contribution is 6.00. The maximum Gasteiger partial charge on any atom is 0.337 e. The van der Waals surface area contributed by atoms with Gasteiger partial charge in [-0.2, -0.15) is 0 Å². The number of ether oxygens (including phenoxy) is 1. The molecular formula is C23H25FN4O4. The number of urea groups is 2. The number of rotatable bonds is 6. The van der Waals surface area contributed by atoms with E-state index in [4.69, 9.17) is 4.74 Å². The third-order valence-electron chi connectivity index (χ3n) is 5.07. The largest absolute Gasteiger partial charge is 0.466 e. The van der Waals surface area contributed by atoms with E-state index in [9.17, 15) is 18.8 Å². The number of benzene rings is 2. The molecule has 3 rings (SSSR count). The average Bonchev–Trinajstić information content (AvgIpc) is 2.78. The Kier molecular flexibility index (Phi) is 7.09. The monoisotopic (exact) mass is 440 g/mol. The first-order chi connectivity index (χ1) is 15.3. The van der Waals surface area contributed by atoms with E-state index in [1.165, 1.54) is 30.2 Å². The highest BCUT2D eigenvalue weighted by atomic mass is 19.1. The predicted octanol–water partition coefficient (Wildman–Crippen LogP) is 4.39. The normalized spacial score (nSPS) is 15.8. The van der Waals surface area contributed by atoms with Gasteiger partial charge >= 0.3 is 18.0 Å². The molecule has 4 amide bonds. The van der Waals surface area contributed by atoms with Crippen molar-refractivity contribution in [2.24, 2.45) is 0 Å². The summed E-state index contributed by atoms with van der Waals surface area (Å²) in [6.45, 7) is 4.14. The van der Waals surface area contributed by atoms with Crippen molar-refractivity contribution in [3.05, 3.63) is 71.2 Å². The van der Waals surface area contributed by atoms with Gasteiger partial charge in [0.25, 0.3) is 0 Å². The van der Waals surface area contributed by atoms with Gasteiger partial charge in [0.15, 0.2) is 0 Å². The number of methoxy groups -OCH3 is 1. The van der Waals surface area contributed by atoms with Crippen LogP contribution in [0.15, 0.2) is 59.8 Å². The minimum Gasteiger partial charge on any atom is -0.466 e. The topological polar surface area (TPSA) is 99.8 Å². The number of esters is 1. The van der Waals surface area contributed by atoms with E-state index >= 15 is 0 Å². The van der Waals surface area contributed by atoms with Crippen LogP contribution in [0.25, 0.3) is 0 Å². The summed E-state index contributed by atoms with van der Waals surface area (Å²) in [6.07, 6.45) is 0.735. The minimum atomic E-state index is -0.690. The summed E-state index contributed by atoms with van der Waals surface area (Å²) in [5, 5.41) is 7.91. The lowest BCUT2D eigenvalue weighted by molar-refractivity contribution is -0.136. The van der Waals surface area contributed by atoms with Crippen LogP contribution in [0.4, 0.5) is 25.4 Å². The van der Waals surface area contributed by atoms with Crippen LogP contribution >= 0.6 is 0 Å². The maximum atomic E-state index is 13.7. The van der Waals surface area contributed by atoms with Crippen molar-refractivity contribution in [1.29, 1.82) is 0 Å². The Morgan fingerprint density at radius 2 is 1.81 bits per heavy atom. The van der Waals surface area contributed by atoms with Gasteiger partial charge < -0.3 is 20.7 Å². The van der Waals surface area contributed by atoms with E-state index in [-0.39, 0.29) is 11.7 Å². The molecule has 32 heavy (non-hydrogen) atoms. The van der Waals surface area contributed by atoms with Crippen molar-refractivity contribution < 1.29 is 23.5 Å². The molecular weight excluding hydrogens is 415 g/mol. The number of para-hydroxylation sites is 1. The summed E-state index contributed by atoms with van der Waals surface area (Å²) in [7, 11) is 1.29. The van der Waals surface area contributed by atoms with Gasteiger partial charge in [0.05, 0.1) is 24.4 Å². The molecule has 1 atom stereocenters. The van der Waals surface area contributed by atoms with E-state index in [1.807, 2.05) is 6.92 Å². The molecule has 0 radical (unpaired) electrons. The van der Waals surface area contributed by atoms with Crippen molar-refractivity contribution in [1.82, 2.24) is 10.2 Å². The van der Waals surface area contributed by atoms with E-state index in [2.05, 4.69) is 16.0 Å². The fourth-order valence-corrected chi connectivity index (χ4v) is 3.50. The smallest absolute Gasteiger partial charge is 0.337 e. The van der Waals surface area contributed by atoms with Crippen LogP contribution in [0.1, 0.15) is 31.9 Å². The molecule has 8 nitrogen and oxygen atoms in total. The molecule has 0 saturated heterocycles. The van der Waals surface area contributed by atoms with Gasteiger partial charge in [0.2, 0.25) is 0 Å². The Morgan fingerprint density at radius 3 is 2.44 bits per heavy atom. The summed E-state index contributed by atoms with van der Waals surface area (Å²) < 4.78 is 18.6. The fraction of sp³-hybridized carbons (Fsp3) is 0.261. The van der Waals surface area contributed by atoms with Crippen LogP contribution in [-0.4, -0.2) is 36.6 Å². The van der Waals surface area contributed by atoms with Crippen molar-refractivity contribution >= 4 is 29.4 Å². The zero-order valence-corrected chi connectivity index (χ0v) is 18.1. The average molecular weight is 440 g/mol. The van der Waals surface area contributed by atoms with Gasteiger partial charge in [-0.1, -0.05) is 31.2 Å². The molecule has 0 fully saturated rings. The molecule has 0 bridgehead atoms. The Morgan fingerprint density at radius 1 is 1.12 bits per heavy atom. The third-order valence-corrected chi connectivity index (χ3v) is 5.07. The number of nitrogens with one attached hydrogen (secondary N) is 3. The SMILES string of the molecule is CCCN1C(=O)N[C@@H](c2ccc(NC(=O)Nc3ccccc3F)cc2)C(C(=O)OC)=C1C. The van der Waals surface area contributed by atoms with Crippen LogP contribution in [0.2, 0.25) is 0 Å². The van der Waals surface area contributed by atoms with Crippen LogP contribution < -0.4 is 16.0 Å². The zero-order valence-electron chi connectivity index (χ0n) is 18.1. The number of hydrogen-bond donors (Lipinski definition) is 3. The van der Waals surface area contributed by atoms with Crippen molar-refractivity contribution in [2.45, 2.75) is 26.3 Å². The maximum absolute atomic E-state index is 13.7. The second-order valence-corrected chi connectivity index (χ2v) is 7.21. The number of allylic oxidation sites excluding steroid dienone is 1. The van der Waals surface area contributed by atoms with Crippen molar-refractivity contribution in [3.63, 3.8) is 0 Å². The number of halogens is 1. The number of nitrogens with zero attached hydrogens (tertiary/aromatic N) is 1. The lowest BCUT2D eigenvalue weighted by Gasteiger charge is -2.35. The molecule has 0 aliphatic carbocycles. The number of carbonyl (C=O) groups excluding carboxylic acids is 3. The Bertz CT molecular complexity index is 1050. The molecule has 0 spiro atoms. The summed E-state index contributed by atoms with van der Waals surface area (Å²) >= 11 is 0. The number of hydrogen-bond acceptors (Lipinski definition) is 4. The van der Waals surface area contributed by atoms with Crippen LogP contribution in [0.3, 0.4) is 0 Å². The van der Waals surface area contributed by atoms with Crippen LogP contribution in [0, 0.1) is 5.82 Å². The minimum absolute atomic E-state index is 0.0616. The van der Waals surface area contributed by atoms with Crippen molar-refractivity contribution in [2.75, 3.05) is 24.3 Å². The Labute approximate surface area is 185 Å². The molecule has 2 aromatic rings. The molecule has 1 aliphatic heterocycles. The Balaban J connectivity index is 1.79. The van der Waals surface area contributed by atoms with Gasteiger partial charge in [0, 0.05) is 17.9 Å². The quantitative estimate of drug-likeness (QED) is 0.580. The molecule has 0 unspecified atom stereocenters. The molecule has 9 heteroatoms. The van der Waals surface area contributed by atoms with Crippen LogP contribution in [-0.2, 0) is 9.53 Å². The predicted molar refractivity (Wildman–Crippen MR) is 118 cm³/mol. The van der Waals surface area contributed by atoms with Gasteiger partial charge in [-0.3, -0.25) is 4.90 Å².